The Balaban J connectivity index is 2.78. The van der Waals surface area contributed by atoms with E-state index in [1.165, 1.54) is 0 Å². The van der Waals surface area contributed by atoms with Crippen molar-refractivity contribution in [1.82, 2.24) is 4.98 Å². The van der Waals surface area contributed by atoms with Crippen molar-refractivity contribution in [2.45, 2.75) is 41.0 Å². The van der Waals surface area contributed by atoms with Gasteiger partial charge >= 0.3 is 0 Å². The number of rotatable bonds is 6. The quantitative estimate of drug-likeness (QED) is 0.825. The average Bonchev–Trinajstić information content (AvgIpc) is 2.56. The van der Waals surface area contributed by atoms with Crippen molar-refractivity contribution in [3.63, 3.8) is 0 Å². The van der Waals surface area contributed by atoms with Crippen LogP contribution in [0.5, 0.6) is 0 Å². The molecule has 24 heavy (non-hydrogen) atoms. The number of carbonyl (C=O) groups is 1. The molecular weight excluding hydrogens is 300 g/mol. The van der Waals surface area contributed by atoms with Crippen LogP contribution in [0, 0.1) is 13.8 Å². The fourth-order valence-electron chi connectivity index (χ4n) is 3.21. The Morgan fingerprint density at radius 3 is 2.33 bits per heavy atom. The lowest BCUT2D eigenvalue weighted by Gasteiger charge is -2.25. The first-order valence-corrected chi connectivity index (χ1v) is 8.56. The van der Waals surface area contributed by atoms with E-state index in [0.29, 0.717) is 36.3 Å². The Morgan fingerprint density at radius 2 is 1.79 bits per heavy atom. The molecule has 128 valence electrons. The highest BCUT2D eigenvalue weighted by Crippen LogP contribution is 2.26. The van der Waals surface area contributed by atoms with Crippen molar-refractivity contribution in [1.29, 1.82) is 0 Å². The van der Waals surface area contributed by atoms with Crippen LogP contribution in [0.4, 0.5) is 5.69 Å². The maximum atomic E-state index is 13.3. The molecule has 1 aromatic carbocycles. The van der Waals surface area contributed by atoms with Gasteiger partial charge in [0.25, 0.3) is 5.56 Å². The summed E-state index contributed by atoms with van der Waals surface area (Å²) in [5.74, 6) is -0.0772. The molecule has 4 heteroatoms. The van der Waals surface area contributed by atoms with E-state index in [2.05, 4.69) is 4.98 Å². The minimum atomic E-state index is -0.190. The summed E-state index contributed by atoms with van der Waals surface area (Å²) in [6.07, 6.45) is 0.698. The Bertz CT molecular complexity index is 802. The third-order valence-corrected chi connectivity index (χ3v) is 4.45. The SMILES string of the molecule is CCc1c(C)[nH]c(=O)c(N(CC)CC)c1C(=O)c1cccc(C)c1. The summed E-state index contributed by atoms with van der Waals surface area (Å²) >= 11 is 0. The summed E-state index contributed by atoms with van der Waals surface area (Å²) in [5, 5.41) is 0. The number of nitrogens with zero attached hydrogens (tertiary/aromatic N) is 1. The van der Waals surface area contributed by atoms with Crippen LogP contribution >= 0.6 is 0 Å². The van der Waals surface area contributed by atoms with Crippen LogP contribution in [0.25, 0.3) is 0 Å². The standard InChI is InChI=1S/C20H26N2O2/c1-6-16-14(5)21-20(24)18(22(7-2)8-3)17(16)19(23)15-11-9-10-13(4)12-15/h9-12H,6-8H2,1-5H3,(H,21,24). The molecule has 0 atom stereocenters. The molecule has 4 nitrogen and oxygen atoms in total. The van der Waals surface area contributed by atoms with Crippen LogP contribution in [0.2, 0.25) is 0 Å². The first-order chi connectivity index (χ1) is 11.4. The van der Waals surface area contributed by atoms with Gasteiger partial charge in [-0.15, -0.1) is 0 Å². The van der Waals surface area contributed by atoms with Gasteiger partial charge in [0.15, 0.2) is 5.78 Å². The second-order valence-corrected chi connectivity index (χ2v) is 6.01. The van der Waals surface area contributed by atoms with Crippen molar-refractivity contribution >= 4 is 11.5 Å². The van der Waals surface area contributed by atoms with Gasteiger partial charge in [-0.2, -0.15) is 0 Å². The lowest BCUT2D eigenvalue weighted by Crippen LogP contribution is -2.32. The summed E-state index contributed by atoms with van der Waals surface area (Å²) in [4.78, 5) is 30.8. The molecule has 0 unspecified atom stereocenters. The number of H-pyrrole nitrogens is 1. The van der Waals surface area contributed by atoms with Crippen LogP contribution in [-0.2, 0) is 6.42 Å². The molecule has 1 N–H and O–H groups in total. The lowest BCUT2D eigenvalue weighted by atomic mass is 9.93. The van der Waals surface area contributed by atoms with Gasteiger partial charge in [0.1, 0.15) is 5.69 Å². The molecule has 0 spiro atoms. The predicted octanol–water partition coefficient (Wildman–Crippen LogP) is 3.63. The van der Waals surface area contributed by atoms with E-state index in [1.807, 2.05) is 63.8 Å². The topological polar surface area (TPSA) is 53.2 Å². The molecule has 0 aliphatic rings. The highest BCUT2D eigenvalue weighted by atomic mass is 16.1. The molecule has 0 radical (unpaired) electrons. The number of aryl methyl sites for hydroxylation is 2. The zero-order valence-corrected chi connectivity index (χ0v) is 15.2. The number of carbonyl (C=O) groups excluding carboxylic acids is 1. The number of anilines is 1. The summed E-state index contributed by atoms with van der Waals surface area (Å²) in [7, 11) is 0. The first kappa shape index (κ1) is 18.0. The number of benzene rings is 1. The molecule has 1 heterocycles. The fourth-order valence-corrected chi connectivity index (χ4v) is 3.21. The number of hydrogen-bond acceptors (Lipinski definition) is 3. The van der Waals surface area contributed by atoms with Crippen LogP contribution in [0.15, 0.2) is 29.1 Å². The molecule has 0 aliphatic heterocycles. The number of aromatic nitrogens is 1. The maximum Gasteiger partial charge on any atom is 0.272 e. The third-order valence-electron chi connectivity index (χ3n) is 4.45. The molecule has 0 saturated heterocycles. The Kier molecular flexibility index (Phi) is 5.60. The first-order valence-electron chi connectivity index (χ1n) is 8.56. The zero-order chi connectivity index (χ0) is 17.9. The van der Waals surface area contributed by atoms with Crippen LogP contribution in [0.3, 0.4) is 0 Å². The van der Waals surface area contributed by atoms with E-state index in [9.17, 15) is 9.59 Å². The van der Waals surface area contributed by atoms with Crippen LogP contribution < -0.4 is 10.5 Å². The van der Waals surface area contributed by atoms with Crippen LogP contribution in [0.1, 0.15) is 53.5 Å². The number of hydrogen-bond donors (Lipinski definition) is 1. The molecule has 0 aliphatic carbocycles. The van der Waals surface area contributed by atoms with Gasteiger partial charge in [-0.3, -0.25) is 9.59 Å². The van der Waals surface area contributed by atoms with Gasteiger partial charge in [0.2, 0.25) is 0 Å². The maximum absolute atomic E-state index is 13.3. The highest BCUT2D eigenvalue weighted by molar-refractivity contribution is 6.13. The van der Waals surface area contributed by atoms with Crippen molar-refractivity contribution < 1.29 is 4.79 Å². The Hall–Kier alpha value is -2.36. The van der Waals surface area contributed by atoms with Gasteiger partial charge in [-0.25, -0.2) is 0 Å². The van der Waals surface area contributed by atoms with Gasteiger partial charge in [0, 0.05) is 24.3 Å². The minimum Gasteiger partial charge on any atom is -0.367 e. The highest BCUT2D eigenvalue weighted by Gasteiger charge is 2.24. The van der Waals surface area contributed by atoms with Crippen molar-refractivity contribution in [2.75, 3.05) is 18.0 Å². The van der Waals surface area contributed by atoms with Gasteiger partial charge in [-0.05, 0) is 45.7 Å². The molecule has 0 fully saturated rings. The van der Waals surface area contributed by atoms with Crippen molar-refractivity contribution in [3.8, 4) is 0 Å². The normalized spacial score (nSPS) is 10.7. The molecule has 0 bridgehead atoms. The number of pyridine rings is 1. The van der Waals surface area contributed by atoms with E-state index in [0.717, 1.165) is 16.8 Å². The van der Waals surface area contributed by atoms with Crippen LogP contribution in [-0.4, -0.2) is 23.9 Å². The van der Waals surface area contributed by atoms with E-state index >= 15 is 0 Å². The second kappa shape index (κ2) is 7.47. The smallest absolute Gasteiger partial charge is 0.272 e. The van der Waals surface area contributed by atoms with E-state index in [-0.39, 0.29) is 11.3 Å². The van der Waals surface area contributed by atoms with E-state index in [4.69, 9.17) is 0 Å². The second-order valence-electron chi connectivity index (χ2n) is 6.01. The monoisotopic (exact) mass is 326 g/mol. The molecular formula is C20H26N2O2. The third kappa shape index (κ3) is 3.28. The number of aromatic amines is 1. The van der Waals surface area contributed by atoms with E-state index < -0.39 is 0 Å². The minimum absolute atomic E-state index is 0.0772. The van der Waals surface area contributed by atoms with Gasteiger partial charge in [0.05, 0.1) is 5.56 Å². The van der Waals surface area contributed by atoms with Gasteiger partial charge < -0.3 is 9.88 Å². The Labute approximate surface area is 143 Å². The zero-order valence-electron chi connectivity index (χ0n) is 15.2. The summed E-state index contributed by atoms with van der Waals surface area (Å²) in [5.41, 5.74) is 4.21. The number of nitrogens with one attached hydrogen (secondary N) is 1. The fraction of sp³-hybridized carbons (Fsp3) is 0.400. The molecule has 1 aromatic heterocycles. The summed E-state index contributed by atoms with van der Waals surface area (Å²) < 4.78 is 0. The predicted molar refractivity (Wildman–Crippen MR) is 99.4 cm³/mol. The van der Waals surface area contributed by atoms with Crippen molar-refractivity contribution in [3.05, 3.63) is 62.6 Å². The Morgan fingerprint density at radius 1 is 1.12 bits per heavy atom. The van der Waals surface area contributed by atoms with Gasteiger partial charge in [-0.1, -0.05) is 30.7 Å². The average molecular weight is 326 g/mol. The summed E-state index contributed by atoms with van der Waals surface area (Å²) in [6, 6.07) is 7.54. The number of ketones is 1. The molecule has 0 saturated carbocycles. The molecule has 0 amide bonds. The molecule has 2 aromatic rings. The summed E-state index contributed by atoms with van der Waals surface area (Å²) in [6.45, 7) is 11.2. The largest absolute Gasteiger partial charge is 0.367 e. The van der Waals surface area contributed by atoms with Crippen molar-refractivity contribution in [2.24, 2.45) is 0 Å². The molecule has 2 rings (SSSR count). The van der Waals surface area contributed by atoms with E-state index in [1.54, 1.807) is 0 Å². The lowest BCUT2D eigenvalue weighted by molar-refractivity contribution is 0.103.